The van der Waals surface area contributed by atoms with E-state index in [0.717, 1.165) is 26.3 Å². The molecule has 3 nitrogen and oxygen atoms in total. The summed E-state index contributed by atoms with van der Waals surface area (Å²) < 4.78 is 5.37. The Morgan fingerprint density at radius 2 is 2.00 bits per heavy atom. The van der Waals surface area contributed by atoms with Crippen molar-refractivity contribution in [2.24, 2.45) is 11.7 Å². The minimum Gasteiger partial charge on any atom is -0.380 e. The van der Waals surface area contributed by atoms with Gasteiger partial charge >= 0.3 is 0 Å². The average molecular weight is 228 g/mol. The summed E-state index contributed by atoms with van der Waals surface area (Å²) in [4.78, 5) is 2.37. The van der Waals surface area contributed by atoms with Gasteiger partial charge in [0.05, 0.1) is 6.61 Å². The van der Waals surface area contributed by atoms with Gasteiger partial charge in [0.25, 0.3) is 0 Å². The van der Waals surface area contributed by atoms with Crippen LogP contribution in [0.4, 0.5) is 0 Å². The summed E-state index contributed by atoms with van der Waals surface area (Å²) >= 11 is 0. The smallest absolute Gasteiger partial charge is 0.0593 e. The van der Waals surface area contributed by atoms with Gasteiger partial charge in [-0.05, 0) is 32.7 Å². The Labute approximate surface area is 100 Å². The van der Waals surface area contributed by atoms with Crippen LogP contribution in [0.5, 0.6) is 0 Å². The fourth-order valence-corrected chi connectivity index (χ4v) is 2.50. The molecular weight excluding hydrogens is 200 g/mol. The van der Waals surface area contributed by atoms with E-state index in [4.69, 9.17) is 10.5 Å². The molecular formula is C13H28N2O. The second kappa shape index (κ2) is 8.04. The minimum absolute atomic E-state index is 0.414. The van der Waals surface area contributed by atoms with E-state index in [1.165, 1.54) is 32.1 Å². The molecule has 16 heavy (non-hydrogen) atoms. The molecule has 96 valence electrons. The minimum atomic E-state index is 0.414. The van der Waals surface area contributed by atoms with Crippen molar-refractivity contribution in [3.05, 3.63) is 0 Å². The van der Waals surface area contributed by atoms with Gasteiger partial charge in [0, 0.05) is 25.7 Å². The van der Waals surface area contributed by atoms with Gasteiger partial charge in [-0.25, -0.2) is 0 Å². The molecule has 3 heteroatoms. The zero-order valence-electron chi connectivity index (χ0n) is 11.0. The Morgan fingerprint density at radius 1 is 1.25 bits per heavy atom. The first-order valence-corrected chi connectivity index (χ1v) is 6.76. The van der Waals surface area contributed by atoms with Crippen LogP contribution in [0.15, 0.2) is 0 Å². The molecule has 0 saturated heterocycles. The van der Waals surface area contributed by atoms with E-state index in [9.17, 15) is 0 Å². The van der Waals surface area contributed by atoms with Gasteiger partial charge in [-0.3, -0.25) is 0 Å². The number of nitrogens with two attached hydrogens (primary N) is 1. The van der Waals surface area contributed by atoms with Crippen LogP contribution in [0.3, 0.4) is 0 Å². The van der Waals surface area contributed by atoms with Crippen molar-refractivity contribution in [2.45, 2.75) is 45.1 Å². The van der Waals surface area contributed by atoms with Gasteiger partial charge in [0.2, 0.25) is 0 Å². The molecule has 0 aromatic rings. The van der Waals surface area contributed by atoms with E-state index in [1.54, 1.807) is 0 Å². The molecule has 0 aromatic carbocycles. The molecule has 0 radical (unpaired) electrons. The number of likely N-dealkylation sites (N-methyl/N-ethyl adjacent to an activating group) is 1. The lowest BCUT2D eigenvalue weighted by atomic mass is 9.95. The van der Waals surface area contributed by atoms with Crippen molar-refractivity contribution in [1.29, 1.82) is 0 Å². The second-order valence-corrected chi connectivity index (χ2v) is 5.02. The zero-order valence-corrected chi connectivity index (χ0v) is 11.0. The van der Waals surface area contributed by atoms with E-state index in [2.05, 4.69) is 11.9 Å². The third-order valence-electron chi connectivity index (χ3n) is 3.59. The van der Waals surface area contributed by atoms with Gasteiger partial charge < -0.3 is 15.4 Å². The molecule has 1 aliphatic carbocycles. The lowest BCUT2D eigenvalue weighted by Crippen LogP contribution is -2.38. The molecule has 0 spiro atoms. The predicted molar refractivity (Wildman–Crippen MR) is 68.5 cm³/mol. The first-order chi connectivity index (χ1) is 7.74. The summed E-state index contributed by atoms with van der Waals surface area (Å²) in [5.41, 5.74) is 6.22. The average Bonchev–Trinajstić information content (AvgIpc) is 2.45. The van der Waals surface area contributed by atoms with Crippen molar-refractivity contribution < 1.29 is 4.74 Å². The molecule has 1 saturated carbocycles. The fraction of sp³-hybridized carbons (Fsp3) is 1.00. The predicted octanol–water partition coefficient (Wildman–Crippen LogP) is 1.86. The van der Waals surface area contributed by atoms with Crippen molar-refractivity contribution in [3.63, 3.8) is 0 Å². The number of hydrogen-bond acceptors (Lipinski definition) is 3. The Hall–Kier alpha value is -0.120. The molecule has 0 aromatic heterocycles. The van der Waals surface area contributed by atoms with Crippen LogP contribution in [0, 0.1) is 5.92 Å². The molecule has 1 aliphatic rings. The molecule has 0 aliphatic heterocycles. The van der Waals surface area contributed by atoms with Crippen molar-refractivity contribution in [3.8, 4) is 0 Å². The molecule has 0 heterocycles. The van der Waals surface area contributed by atoms with Crippen LogP contribution < -0.4 is 5.73 Å². The Balaban J connectivity index is 2.22. The van der Waals surface area contributed by atoms with Crippen molar-refractivity contribution in [1.82, 2.24) is 4.90 Å². The molecule has 2 atom stereocenters. The van der Waals surface area contributed by atoms with E-state index >= 15 is 0 Å². The van der Waals surface area contributed by atoms with Crippen LogP contribution in [0.2, 0.25) is 0 Å². The monoisotopic (exact) mass is 228 g/mol. The molecule has 0 amide bonds. The van der Waals surface area contributed by atoms with Gasteiger partial charge in [-0.2, -0.15) is 0 Å². The molecule has 1 fully saturated rings. The van der Waals surface area contributed by atoms with Crippen LogP contribution in [0.25, 0.3) is 0 Å². The van der Waals surface area contributed by atoms with Crippen molar-refractivity contribution in [2.75, 3.05) is 33.4 Å². The highest BCUT2D eigenvalue weighted by Crippen LogP contribution is 2.22. The highest BCUT2D eigenvalue weighted by molar-refractivity contribution is 4.78. The Bertz CT molecular complexity index is 175. The highest BCUT2D eigenvalue weighted by atomic mass is 16.5. The van der Waals surface area contributed by atoms with E-state index < -0.39 is 0 Å². The highest BCUT2D eigenvalue weighted by Gasteiger charge is 2.21. The third-order valence-corrected chi connectivity index (χ3v) is 3.59. The zero-order chi connectivity index (χ0) is 11.8. The summed E-state index contributed by atoms with van der Waals surface area (Å²) in [6.07, 6.45) is 6.56. The van der Waals surface area contributed by atoms with E-state index in [0.29, 0.717) is 12.0 Å². The second-order valence-electron chi connectivity index (χ2n) is 5.02. The van der Waals surface area contributed by atoms with E-state index in [-0.39, 0.29) is 0 Å². The van der Waals surface area contributed by atoms with Crippen LogP contribution in [-0.2, 0) is 4.74 Å². The summed E-state index contributed by atoms with van der Waals surface area (Å²) in [7, 11) is 2.18. The summed E-state index contributed by atoms with van der Waals surface area (Å²) in [5, 5.41) is 0. The maximum atomic E-state index is 6.22. The maximum Gasteiger partial charge on any atom is 0.0593 e. The van der Waals surface area contributed by atoms with E-state index in [1.807, 2.05) is 6.92 Å². The van der Waals surface area contributed by atoms with Gasteiger partial charge in [0.15, 0.2) is 0 Å². The normalized spacial score (nSPS) is 27.0. The summed E-state index contributed by atoms with van der Waals surface area (Å²) in [6.45, 7) is 5.86. The first-order valence-electron chi connectivity index (χ1n) is 6.76. The van der Waals surface area contributed by atoms with Crippen LogP contribution in [0.1, 0.15) is 39.0 Å². The number of nitrogens with zero attached hydrogens (tertiary/aromatic N) is 1. The standard InChI is InChI=1S/C13H28N2O/c1-3-16-10-9-15(2)11-12-7-5-4-6-8-13(12)14/h12-13H,3-11,14H2,1-2H3. The Morgan fingerprint density at radius 3 is 2.75 bits per heavy atom. The quantitative estimate of drug-likeness (QED) is 0.557. The third kappa shape index (κ3) is 5.28. The van der Waals surface area contributed by atoms with Gasteiger partial charge in [-0.15, -0.1) is 0 Å². The maximum absolute atomic E-state index is 6.22. The fourth-order valence-electron chi connectivity index (χ4n) is 2.50. The molecule has 1 rings (SSSR count). The summed E-state index contributed by atoms with van der Waals surface area (Å²) in [5.74, 6) is 0.689. The molecule has 2 N–H and O–H groups in total. The number of hydrogen-bond donors (Lipinski definition) is 1. The summed E-state index contributed by atoms with van der Waals surface area (Å²) in [6, 6.07) is 0.414. The van der Waals surface area contributed by atoms with Crippen LogP contribution >= 0.6 is 0 Å². The van der Waals surface area contributed by atoms with Crippen LogP contribution in [-0.4, -0.2) is 44.3 Å². The SMILES string of the molecule is CCOCCN(C)CC1CCCCCC1N. The van der Waals surface area contributed by atoms with Gasteiger partial charge in [0.1, 0.15) is 0 Å². The number of rotatable bonds is 6. The first kappa shape index (κ1) is 13.9. The lowest BCUT2D eigenvalue weighted by Gasteiger charge is -2.27. The lowest BCUT2D eigenvalue weighted by molar-refractivity contribution is 0.114. The Kier molecular flexibility index (Phi) is 7.01. The molecule has 0 bridgehead atoms. The van der Waals surface area contributed by atoms with Gasteiger partial charge in [-0.1, -0.05) is 19.3 Å². The van der Waals surface area contributed by atoms with Crippen molar-refractivity contribution >= 4 is 0 Å². The largest absolute Gasteiger partial charge is 0.380 e. The number of ether oxygens (including phenoxy) is 1. The molecule has 2 unspecified atom stereocenters. The topological polar surface area (TPSA) is 38.5 Å².